The van der Waals surface area contributed by atoms with Crippen molar-refractivity contribution in [3.05, 3.63) is 90.4 Å². The number of carbonyl (C=O) groups excluding carboxylic acids is 3. The van der Waals surface area contributed by atoms with E-state index in [2.05, 4.69) is 20.9 Å². The molecule has 3 aromatic rings. The van der Waals surface area contributed by atoms with Gasteiger partial charge < -0.3 is 9.84 Å². The Morgan fingerprint density at radius 3 is 2.42 bits per heavy atom. The number of aliphatic hydroxyl groups is 1. The van der Waals surface area contributed by atoms with Crippen LogP contribution in [0.25, 0.3) is 5.76 Å². The number of nitro groups is 1. The van der Waals surface area contributed by atoms with Crippen LogP contribution in [0.2, 0.25) is 0 Å². The van der Waals surface area contributed by atoms with Gasteiger partial charge in [-0.15, -0.1) is 0 Å². The highest BCUT2D eigenvalue weighted by Crippen LogP contribution is 2.44. The summed E-state index contributed by atoms with van der Waals surface area (Å²) in [6.45, 7) is 3.38. The van der Waals surface area contributed by atoms with Crippen molar-refractivity contribution in [2.75, 3.05) is 11.5 Å². The molecule has 36 heavy (non-hydrogen) atoms. The number of amides is 1. The van der Waals surface area contributed by atoms with Crippen LogP contribution in [0.1, 0.15) is 39.5 Å². The summed E-state index contributed by atoms with van der Waals surface area (Å²) in [6, 6.07) is 10.6. The lowest BCUT2D eigenvalue weighted by Gasteiger charge is -2.23. The SMILES string of the molecule is CCOC(=O)c1sc(N2C(=O)C(=O)C(=C(O)c3ccc(Br)cc3)[C@@H]2c2ccc([N+](=O)[O-])cc2)nc1C. The Balaban J connectivity index is 1.91. The number of benzene rings is 2. The molecule has 1 atom stereocenters. The molecule has 0 saturated carbocycles. The average molecular weight is 572 g/mol. The van der Waals surface area contributed by atoms with Crippen LogP contribution in [0.3, 0.4) is 0 Å². The quantitative estimate of drug-likeness (QED) is 0.110. The topological polar surface area (TPSA) is 140 Å². The number of Topliss-reactive ketones (excluding diaryl/α,β-unsaturated/α-hetero) is 1. The molecular weight excluding hydrogens is 554 g/mol. The van der Waals surface area contributed by atoms with Crippen molar-refractivity contribution in [2.45, 2.75) is 19.9 Å². The molecule has 2 heterocycles. The van der Waals surface area contributed by atoms with E-state index in [0.29, 0.717) is 16.8 Å². The van der Waals surface area contributed by atoms with Crippen LogP contribution in [-0.2, 0) is 14.3 Å². The lowest BCUT2D eigenvalue weighted by Crippen LogP contribution is -2.29. The summed E-state index contributed by atoms with van der Waals surface area (Å²) < 4.78 is 5.80. The van der Waals surface area contributed by atoms with Crippen LogP contribution in [-0.4, -0.2) is 39.3 Å². The van der Waals surface area contributed by atoms with Gasteiger partial charge in [0.25, 0.3) is 11.5 Å². The Morgan fingerprint density at radius 1 is 1.19 bits per heavy atom. The molecule has 2 aromatic carbocycles. The van der Waals surface area contributed by atoms with E-state index in [1.807, 2.05) is 0 Å². The lowest BCUT2D eigenvalue weighted by atomic mass is 9.95. The molecule has 0 unspecified atom stereocenters. The highest BCUT2D eigenvalue weighted by atomic mass is 79.9. The van der Waals surface area contributed by atoms with E-state index in [0.717, 1.165) is 20.7 Å². The van der Waals surface area contributed by atoms with Gasteiger partial charge in [-0.25, -0.2) is 9.78 Å². The molecule has 10 nitrogen and oxygen atoms in total. The number of rotatable bonds is 6. The number of hydrogen-bond donors (Lipinski definition) is 1. The fourth-order valence-corrected chi connectivity index (χ4v) is 5.01. The van der Waals surface area contributed by atoms with Crippen LogP contribution < -0.4 is 4.90 Å². The van der Waals surface area contributed by atoms with E-state index in [9.17, 15) is 29.6 Å². The van der Waals surface area contributed by atoms with Gasteiger partial charge in [0.1, 0.15) is 10.6 Å². The summed E-state index contributed by atoms with van der Waals surface area (Å²) in [5.74, 6) is -2.94. The largest absolute Gasteiger partial charge is 0.507 e. The molecule has 0 aliphatic carbocycles. The molecule has 4 rings (SSSR count). The number of hydrogen-bond acceptors (Lipinski definition) is 9. The number of halogens is 1. The second kappa shape index (κ2) is 9.99. The van der Waals surface area contributed by atoms with Crippen molar-refractivity contribution >= 4 is 61.5 Å². The van der Waals surface area contributed by atoms with E-state index < -0.39 is 34.4 Å². The van der Waals surface area contributed by atoms with Crippen molar-refractivity contribution in [3.63, 3.8) is 0 Å². The molecule has 0 spiro atoms. The Kier molecular flexibility index (Phi) is 7.00. The normalized spacial score (nSPS) is 16.9. The minimum Gasteiger partial charge on any atom is -0.507 e. The minimum atomic E-state index is -1.14. The van der Waals surface area contributed by atoms with Crippen molar-refractivity contribution in [1.29, 1.82) is 0 Å². The first-order valence-electron chi connectivity index (χ1n) is 10.6. The van der Waals surface area contributed by atoms with E-state index in [1.54, 1.807) is 38.1 Å². The number of carbonyl (C=O) groups is 3. The Bertz CT molecular complexity index is 1410. The Labute approximate surface area is 217 Å². The summed E-state index contributed by atoms with van der Waals surface area (Å²) in [5, 5.41) is 22.3. The molecule has 1 aromatic heterocycles. The van der Waals surface area contributed by atoms with Crippen molar-refractivity contribution in [2.24, 2.45) is 0 Å². The third kappa shape index (κ3) is 4.52. The first kappa shape index (κ1) is 25.2. The van der Waals surface area contributed by atoms with Crippen molar-refractivity contribution in [3.8, 4) is 0 Å². The molecule has 1 fully saturated rings. The number of anilines is 1. The van der Waals surface area contributed by atoms with E-state index in [1.165, 1.54) is 24.3 Å². The highest BCUT2D eigenvalue weighted by Gasteiger charge is 2.48. The van der Waals surface area contributed by atoms with E-state index >= 15 is 0 Å². The van der Waals surface area contributed by atoms with Gasteiger partial charge >= 0.3 is 11.9 Å². The smallest absolute Gasteiger partial charge is 0.350 e. The van der Waals surface area contributed by atoms with Crippen molar-refractivity contribution < 1.29 is 29.2 Å². The molecular formula is C24H18BrN3O7S. The number of nitrogens with zero attached hydrogens (tertiary/aromatic N) is 3. The van der Waals surface area contributed by atoms with Gasteiger partial charge in [-0.1, -0.05) is 39.4 Å². The first-order chi connectivity index (χ1) is 17.1. The summed E-state index contributed by atoms with van der Waals surface area (Å²) in [6.07, 6.45) is 0. The molecule has 1 amide bonds. The Morgan fingerprint density at radius 2 is 1.83 bits per heavy atom. The molecule has 0 bridgehead atoms. The fraction of sp³-hybridized carbons (Fsp3) is 0.167. The zero-order valence-corrected chi connectivity index (χ0v) is 21.3. The minimum absolute atomic E-state index is 0.0517. The summed E-state index contributed by atoms with van der Waals surface area (Å²) in [5.41, 5.74) is 0.556. The van der Waals surface area contributed by atoms with Crippen LogP contribution in [0.4, 0.5) is 10.8 Å². The maximum Gasteiger partial charge on any atom is 0.350 e. The van der Waals surface area contributed by atoms with Gasteiger partial charge in [0.2, 0.25) is 0 Å². The predicted octanol–water partition coefficient (Wildman–Crippen LogP) is 4.93. The number of ether oxygens (including phenoxy) is 1. The zero-order valence-electron chi connectivity index (χ0n) is 18.9. The number of esters is 1. The summed E-state index contributed by atoms with van der Waals surface area (Å²) in [4.78, 5) is 55.0. The maximum absolute atomic E-state index is 13.2. The maximum atomic E-state index is 13.2. The highest BCUT2D eigenvalue weighted by molar-refractivity contribution is 9.10. The number of non-ortho nitro benzene ring substituents is 1. The Hall–Kier alpha value is -3.90. The van der Waals surface area contributed by atoms with Crippen molar-refractivity contribution in [1.82, 2.24) is 4.98 Å². The van der Waals surface area contributed by atoms with E-state index in [4.69, 9.17) is 4.74 Å². The molecule has 12 heteroatoms. The molecule has 1 aliphatic rings. The second-order valence-corrected chi connectivity index (χ2v) is 9.55. The molecule has 0 radical (unpaired) electrons. The van der Waals surface area contributed by atoms with Gasteiger partial charge in [-0.05, 0) is 43.7 Å². The standard InChI is InChI=1S/C24H18BrN3O7S/c1-3-35-23(32)21-12(2)26-24(36-21)27-18(13-6-10-16(11-7-13)28(33)34)17(20(30)22(27)31)19(29)14-4-8-15(25)9-5-14/h4-11,18,29H,3H2,1-2H3/t18-/m0/s1. The number of nitro benzene ring substituents is 1. The average Bonchev–Trinajstić information content (AvgIpc) is 3.36. The van der Waals surface area contributed by atoms with Gasteiger partial charge in [0.05, 0.1) is 28.8 Å². The van der Waals surface area contributed by atoms with Crippen LogP contribution >= 0.6 is 27.3 Å². The molecule has 1 aliphatic heterocycles. The second-order valence-electron chi connectivity index (χ2n) is 7.66. The number of ketones is 1. The van der Waals surface area contributed by atoms with E-state index in [-0.39, 0.29) is 27.9 Å². The zero-order chi connectivity index (χ0) is 26.1. The lowest BCUT2D eigenvalue weighted by molar-refractivity contribution is -0.384. The van der Waals surface area contributed by atoms with Crippen LogP contribution in [0.5, 0.6) is 0 Å². The first-order valence-corrected chi connectivity index (χ1v) is 12.2. The fourth-order valence-electron chi connectivity index (χ4n) is 3.76. The molecule has 1 N–H and O–H groups in total. The third-order valence-corrected chi connectivity index (χ3v) is 7.10. The van der Waals surface area contributed by atoms with Gasteiger partial charge in [-0.3, -0.25) is 24.6 Å². The van der Waals surface area contributed by atoms with Crippen LogP contribution in [0.15, 0.2) is 58.6 Å². The molecule has 1 saturated heterocycles. The summed E-state index contributed by atoms with van der Waals surface area (Å²) in [7, 11) is 0. The number of thiazole rings is 1. The number of aromatic nitrogens is 1. The predicted molar refractivity (Wildman–Crippen MR) is 135 cm³/mol. The van der Waals surface area contributed by atoms with Gasteiger partial charge in [0.15, 0.2) is 5.13 Å². The third-order valence-electron chi connectivity index (χ3n) is 5.43. The van der Waals surface area contributed by atoms with Gasteiger partial charge in [0, 0.05) is 22.2 Å². The molecule has 184 valence electrons. The monoisotopic (exact) mass is 571 g/mol. The van der Waals surface area contributed by atoms with Gasteiger partial charge in [-0.2, -0.15) is 0 Å². The summed E-state index contributed by atoms with van der Waals surface area (Å²) >= 11 is 4.19. The number of aryl methyl sites for hydroxylation is 1. The number of aliphatic hydroxyl groups excluding tert-OH is 1. The van der Waals surface area contributed by atoms with Crippen LogP contribution in [0, 0.1) is 17.0 Å².